The SMILES string of the molecule is CCOC(=O)c1sc(-c2ccc(OC)c(OC)c2)cc1NC(=O)[C@@H]1CCS(=O)(=O)C1. The van der Waals surface area contributed by atoms with Crippen molar-refractivity contribution in [3.63, 3.8) is 0 Å². The van der Waals surface area contributed by atoms with E-state index in [2.05, 4.69) is 5.32 Å². The van der Waals surface area contributed by atoms with Crippen molar-refractivity contribution in [1.29, 1.82) is 0 Å². The third-order valence-electron chi connectivity index (χ3n) is 4.72. The van der Waals surface area contributed by atoms with Crippen LogP contribution in [-0.2, 0) is 19.4 Å². The minimum absolute atomic E-state index is 0.00362. The summed E-state index contributed by atoms with van der Waals surface area (Å²) in [4.78, 5) is 26.0. The van der Waals surface area contributed by atoms with Crippen LogP contribution >= 0.6 is 11.3 Å². The van der Waals surface area contributed by atoms with Gasteiger partial charge in [0.1, 0.15) is 4.88 Å². The second-order valence-corrected chi connectivity index (χ2v) is 10.0. The highest BCUT2D eigenvalue weighted by molar-refractivity contribution is 7.91. The van der Waals surface area contributed by atoms with Crippen LogP contribution < -0.4 is 14.8 Å². The Kier molecular flexibility index (Phi) is 6.67. The summed E-state index contributed by atoms with van der Waals surface area (Å²) in [5.74, 6) is -0.685. The fraction of sp³-hybridized carbons (Fsp3) is 0.400. The van der Waals surface area contributed by atoms with Gasteiger partial charge in [0.2, 0.25) is 5.91 Å². The molecule has 1 atom stereocenters. The Morgan fingerprint density at radius 3 is 2.50 bits per heavy atom. The quantitative estimate of drug-likeness (QED) is 0.642. The van der Waals surface area contributed by atoms with Gasteiger partial charge >= 0.3 is 5.97 Å². The maximum atomic E-state index is 12.6. The van der Waals surface area contributed by atoms with Crippen LogP contribution in [0.2, 0.25) is 0 Å². The van der Waals surface area contributed by atoms with Crippen molar-refractivity contribution in [2.75, 3.05) is 37.6 Å². The molecule has 1 N–H and O–H groups in total. The molecule has 0 bridgehead atoms. The van der Waals surface area contributed by atoms with E-state index in [0.29, 0.717) is 22.1 Å². The molecule has 2 heterocycles. The molecular formula is C20H23NO7S2. The number of sulfone groups is 1. The minimum atomic E-state index is -3.20. The second-order valence-electron chi connectivity index (χ2n) is 6.73. The van der Waals surface area contributed by atoms with E-state index in [1.54, 1.807) is 32.2 Å². The number of carbonyl (C=O) groups is 2. The van der Waals surface area contributed by atoms with Crippen LogP contribution in [0.15, 0.2) is 24.3 Å². The van der Waals surface area contributed by atoms with Crippen molar-refractivity contribution in [2.45, 2.75) is 13.3 Å². The summed E-state index contributed by atoms with van der Waals surface area (Å²) in [6.07, 6.45) is 0.273. The number of rotatable bonds is 7. The van der Waals surface area contributed by atoms with E-state index in [1.165, 1.54) is 18.4 Å². The fourth-order valence-electron chi connectivity index (χ4n) is 3.20. The number of nitrogens with one attached hydrogen (secondary N) is 1. The second kappa shape index (κ2) is 9.05. The van der Waals surface area contributed by atoms with Gasteiger partial charge in [-0.3, -0.25) is 4.79 Å². The zero-order valence-electron chi connectivity index (χ0n) is 16.9. The molecule has 8 nitrogen and oxygen atoms in total. The summed E-state index contributed by atoms with van der Waals surface area (Å²) in [5.41, 5.74) is 1.07. The number of anilines is 1. The third kappa shape index (κ3) is 4.76. The van der Waals surface area contributed by atoms with E-state index in [4.69, 9.17) is 14.2 Å². The van der Waals surface area contributed by atoms with Gasteiger partial charge < -0.3 is 19.5 Å². The number of esters is 1. The molecule has 3 rings (SSSR count). The predicted molar refractivity (Wildman–Crippen MR) is 114 cm³/mol. The van der Waals surface area contributed by atoms with Crippen molar-refractivity contribution >= 4 is 38.7 Å². The molecule has 0 radical (unpaired) electrons. The molecule has 1 aromatic heterocycles. The van der Waals surface area contributed by atoms with Crippen molar-refractivity contribution < 1.29 is 32.2 Å². The lowest BCUT2D eigenvalue weighted by Gasteiger charge is -2.09. The Labute approximate surface area is 179 Å². The Bertz CT molecular complexity index is 1060. The number of ether oxygens (including phenoxy) is 3. The van der Waals surface area contributed by atoms with Crippen LogP contribution in [0, 0.1) is 5.92 Å². The first-order valence-corrected chi connectivity index (χ1v) is 12.0. The fourth-order valence-corrected chi connectivity index (χ4v) is 5.95. The highest BCUT2D eigenvalue weighted by atomic mass is 32.2. The van der Waals surface area contributed by atoms with Crippen molar-refractivity contribution in [3.05, 3.63) is 29.1 Å². The maximum Gasteiger partial charge on any atom is 0.350 e. The van der Waals surface area contributed by atoms with E-state index < -0.39 is 27.6 Å². The summed E-state index contributed by atoms with van der Waals surface area (Å²) >= 11 is 1.17. The summed E-state index contributed by atoms with van der Waals surface area (Å²) < 4.78 is 39.1. The van der Waals surface area contributed by atoms with Gasteiger partial charge in [-0.1, -0.05) is 0 Å². The van der Waals surface area contributed by atoms with Gasteiger partial charge in [-0.15, -0.1) is 11.3 Å². The number of methoxy groups -OCH3 is 2. The molecular weight excluding hydrogens is 430 g/mol. The molecule has 30 heavy (non-hydrogen) atoms. The average Bonchev–Trinajstić information content (AvgIpc) is 3.30. The molecule has 1 amide bonds. The molecule has 1 aliphatic heterocycles. The van der Waals surface area contributed by atoms with Crippen LogP contribution in [0.1, 0.15) is 23.0 Å². The third-order valence-corrected chi connectivity index (χ3v) is 7.65. The van der Waals surface area contributed by atoms with E-state index >= 15 is 0 Å². The van der Waals surface area contributed by atoms with Crippen LogP contribution in [0.3, 0.4) is 0 Å². The summed E-state index contributed by atoms with van der Waals surface area (Å²) in [5, 5.41) is 2.72. The lowest BCUT2D eigenvalue weighted by Crippen LogP contribution is -2.24. The van der Waals surface area contributed by atoms with Gasteiger partial charge in [0.25, 0.3) is 0 Å². The van der Waals surface area contributed by atoms with E-state index in [9.17, 15) is 18.0 Å². The number of hydrogen-bond acceptors (Lipinski definition) is 8. The number of thiophene rings is 1. The molecule has 1 fully saturated rings. The zero-order valence-corrected chi connectivity index (χ0v) is 18.5. The molecule has 0 saturated carbocycles. The average molecular weight is 454 g/mol. The molecule has 0 aliphatic carbocycles. The van der Waals surface area contributed by atoms with Gasteiger partial charge in [-0.05, 0) is 43.2 Å². The molecule has 162 valence electrons. The molecule has 1 aromatic carbocycles. The maximum absolute atomic E-state index is 12.6. The minimum Gasteiger partial charge on any atom is -0.493 e. The highest BCUT2D eigenvalue weighted by Crippen LogP contribution is 2.39. The smallest absolute Gasteiger partial charge is 0.350 e. The van der Waals surface area contributed by atoms with Crippen LogP contribution in [-0.4, -0.2) is 52.6 Å². The van der Waals surface area contributed by atoms with E-state index in [-0.39, 0.29) is 29.4 Å². The van der Waals surface area contributed by atoms with Gasteiger partial charge in [0.05, 0.1) is 43.9 Å². The Hall–Kier alpha value is -2.59. The van der Waals surface area contributed by atoms with E-state index in [1.807, 2.05) is 6.07 Å². The lowest BCUT2D eigenvalue weighted by atomic mass is 10.1. The van der Waals surface area contributed by atoms with Gasteiger partial charge in [-0.2, -0.15) is 0 Å². The Balaban J connectivity index is 1.93. The first kappa shape index (κ1) is 22.1. The summed E-state index contributed by atoms with van der Waals surface area (Å²) in [7, 11) is -0.126. The van der Waals surface area contributed by atoms with Gasteiger partial charge in [-0.25, -0.2) is 13.2 Å². The highest BCUT2D eigenvalue weighted by Gasteiger charge is 2.34. The number of amides is 1. The van der Waals surface area contributed by atoms with Gasteiger partial charge in [0, 0.05) is 4.88 Å². The normalized spacial score (nSPS) is 17.4. The van der Waals surface area contributed by atoms with Crippen LogP contribution in [0.4, 0.5) is 5.69 Å². The molecule has 1 aliphatic rings. The monoisotopic (exact) mass is 453 g/mol. The van der Waals surface area contributed by atoms with Crippen molar-refractivity contribution in [2.24, 2.45) is 5.92 Å². The summed E-state index contributed by atoms with van der Waals surface area (Å²) in [6, 6.07) is 7.02. The van der Waals surface area contributed by atoms with Crippen LogP contribution in [0.25, 0.3) is 10.4 Å². The standard InChI is InChI=1S/C20H23NO7S2/c1-4-28-20(23)18-14(21-19(22)13-7-8-30(24,25)11-13)10-17(29-18)12-5-6-15(26-2)16(9-12)27-3/h5-6,9-10,13H,4,7-8,11H2,1-3H3,(H,21,22)/t13-/m1/s1. The predicted octanol–water partition coefficient (Wildman–Crippen LogP) is 2.98. The van der Waals surface area contributed by atoms with Crippen molar-refractivity contribution in [3.8, 4) is 21.9 Å². The topological polar surface area (TPSA) is 108 Å². The number of hydrogen-bond donors (Lipinski definition) is 1. The molecule has 0 spiro atoms. The number of benzene rings is 1. The summed E-state index contributed by atoms with van der Waals surface area (Å²) in [6.45, 7) is 1.89. The number of carbonyl (C=O) groups excluding carboxylic acids is 2. The first-order valence-electron chi connectivity index (χ1n) is 9.32. The largest absolute Gasteiger partial charge is 0.493 e. The molecule has 2 aromatic rings. The van der Waals surface area contributed by atoms with Gasteiger partial charge in [0.15, 0.2) is 21.3 Å². The molecule has 10 heteroatoms. The zero-order chi connectivity index (χ0) is 21.9. The molecule has 0 unspecified atom stereocenters. The lowest BCUT2D eigenvalue weighted by molar-refractivity contribution is -0.119. The Morgan fingerprint density at radius 2 is 1.90 bits per heavy atom. The van der Waals surface area contributed by atoms with Crippen molar-refractivity contribution in [1.82, 2.24) is 0 Å². The molecule has 1 saturated heterocycles. The Morgan fingerprint density at radius 1 is 1.17 bits per heavy atom. The van der Waals surface area contributed by atoms with E-state index in [0.717, 1.165) is 5.56 Å². The van der Waals surface area contributed by atoms with Crippen LogP contribution in [0.5, 0.6) is 11.5 Å². The first-order chi connectivity index (χ1) is 14.3.